The van der Waals surface area contributed by atoms with Gasteiger partial charge in [-0.1, -0.05) is 37.3 Å². The summed E-state index contributed by atoms with van der Waals surface area (Å²) in [6.07, 6.45) is -0.637. The molecule has 0 aromatic heterocycles. The van der Waals surface area contributed by atoms with Gasteiger partial charge < -0.3 is 29.2 Å². The van der Waals surface area contributed by atoms with Gasteiger partial charge >= 0.3 is 0 Å². The third-order valence-corrected chi connectivity index (χ3v) is 10.1. The second kappa shape index (κ2) is 9.97. The summed E-state index contributed by atoms with van der Waals surface area (Å²) in [4.78, 5) is 41.8. The number of rotatable bonds is 8. The first kappa shape index (κ1) is 26.3. The van der Waals surface area contributed by atoms with Crippen LogP contribution in [-0.4, -0.2) is 68.3 Å². The molecule has 0 aliphatic carbocycles. The van der Waals surface area contributed by atoms with E-state index in [2.05, 4.69) is 0 Å². The monoisotopic (exact) mass is 512 g/mol. The molecule has 2 aromatic carbocycles. The number of amides is 2. The number of aliphatic hydroxyl groups is 1. The molecule has 0 saturated carbocycles. The summed E-state index contributed by atoms with van der Waals surface area (Å²) in [5, 5.41) is 9.62. The Kier molecular flexibility index (Phi) is 7.30. The molecule has 1 spiro atoms. The number of anilines is 1. The summed E-state index contributed by atoms with van der Waals surface area (Å²) in [5.74, 6) is -0.130. The van der Waals surface area contributed by atoms with Gasteiger partial charge in [-0.05, 0) is 36.9 Å². The number of aliphatic hydroxyl groups excluding tert-OH is 1. The summed E-state index contributed by atoms with van der Waals surface area (Å²) < 4.78 is 12.1. The molecule has 8 nitrogen and oxygen atoms in total. The molecule has 2 N–H and O–H groups in total. The molecular formula is C27H36N2O6Si. The minimum atomic E-state index is -2.88. The lowest BCUT2D eigenvalue weighted by Crippen LogP contribution is -2.45. The smallest absolute Gasteiger partial charge is 0.264 e. The highest BCUT2D eigenvalue weighted by molar-refractivity contribution is 6.71. The molecule has 0 radical (unpaired) electrons. The van der Waals surface area contributed by atoms with Crippen molar-refractivity contribution in [3.8, 4) is 5.75 Å². The van der Waals surface area contributed by atoms with Crippen LogP contribution in [0.2, 0.25) is 18.6 Å². The maximum atomic E-state index is 13.7. The normalized spacial score (nSPS) is 25.4. The van der Waals surface area contributed by atoms with E-state index in [1.807, 2.05) is 62.5 Å². The Labute approximate surface area is 213 Å². The molecule has 4 rings (SSSR count). The number of fused-ring (bicyclic) bond motifs is 2. The Balaban J connectivity index is 1.69. The lowest BCUT2D eigenvalue weighted by molar-refractivity contribution is -0.149. The topological polar surface area (TPSA) is 99.5 Å². The Morgan fingerprint density at radius 3 is 2.53 bits per heavy atom. The predicted octanol–water partition coefficient (Wildman–Crippen LogP) is 2.88. The van der Waals surface area contributed by atoms with Gasteiger partial charge in [-0.2, -0.15) is 0 Å². The van der Waals surface area contributed by atoms with Crippen LogP contribution in [0.1, 0.15) is 24.5 Å². The van der Waals surface area contributed by atoms with E-state index in [1.165, 1.54) is 0 Å². The van der Waals surface area contributed by atoms with Crippen LogP contribution in [0, 0.1) is 5.92 Å². The van der Waals surface area contributed by atoms with Crippen molar-refractivity contribution < 1.29 is 29.0 Å². The van der Waals surface area contributed by atoms with Crippen molar-refractivity contribution in [1.82, 2.24) is 4.90 Å². The average molecular weight is 513 g/mol. The largest absolute Gasteiger partial charge is 0.497 e. The van der Waals surface area contributed by atoms with Crippen molar-refractivity contribution >= 4 is 25.8 Å². The zero-order valence-corrected chi connectivity index (χ0v) is 22.6. The number of hydrogen-bond acceptors (Lipinski definition) is 6. The highest BCUT2D eigenvalue weighted by Crippen LogP contribution is 2.59. The van der Waals surface area contributed by atoms with E-state index in [9.17, 15) is 19.5 Å². The molecule has 2 aliphatic heterocycles. The minimum Gasteiger partial charge on any atom is -0.497 e. The first-order chi connectivity index (χ1) is 17.0. The molecule has 2 aromatic rings. The predicted molar refractivity (Wildman–Crippen MR) is 139 cm³/mol. The van der Waals surface area contributed by atoms with Crippen LogP contribution in [0.15, 0.2) is 48.5 Å². The van der Waals surface area contributed by atoms with E-state index in [-0.39, 0.29) is 42.8 Å². The van der Waals surface area contributed by atoms with Crippen LogP contribution < -0.4 is 9.64 Å². The van der Waals surface area contributed by atoms with Crippen molar-refractivity contribution in [1.29, 1.82) is 0 Å². The van der Waals surface area contributed by atoms with E-state index >= 15 is 0 Å². The van der Waals surface area contributed by atoms with Gasteiger partial charge in [-0.25, -0.2) is 0 Å². The lowest BCUT2D eigenvalue weighted by Gasteiger charge is -2.32. The van der Waals surface area contributed by atoms with Gasteiger partial charge in [0.2, 0.25) is 5.91 Å². The van der Waals surface area contributed by atoms with Crippen molar-refractivity contribution in [3.63, 3.8) is 0 Å². The number of nitrogens with zero attached hydrogens (tertiary/aromatic N) is 2. The van der Waals surface area contributed by atoms with Gasteiger partial charge in [0.1, 0.15) is 5.75 Å². The standard InChI is InChI=1S/C27H36N2O6Si/c1-18-25(36(4,5)33)23(16-24(31)29(13-14-30)17-19-9-7-6-8-10-19)35-27(18)21-15-20(34-3)11-12-22(21)28(2)26(27)32/h6-12,15,18,23,25,30,33H,13-14,16-17H2,1-5H3/t18-,23+,25-,27+/m0/s1. The quantitative estimate of drug-likeness (QED) is 0.528. The SMILES string of the molecule is COc1ccc2c(c1)[C@@]1(O[C@H](CC(=O)N(CCO)Cc3ccccc3)[C@@H]([Si](C)(C)O)[C@@H]1C)C(=O)N2C. The van der Waals surface area contributed by atoms with Crippen LogP contribution in [-0.2, 0) is 26.5 Å². The summed E-state index contributed by atoms with van der Waals surface area (Å²) in [6.45, 7) is 5.99. The molecule has 9 heteroatoms. The van der Waals surface area contributed by atoms with Crippen molar-refractivity contribution in [2.45, 2.75) is 50.2 Å². The van der Waals surface area contributed by atoms with Gasteiger partial charge in [0.05, 0.1) is 31.9 Å². The van der Waals surface area contributed by atoms with E-state index in [0.717, 1.165) is 11.3 Å². The van der Waals surface area contributed by atoms with Crippen LogP contribution in [0.5, 0.6) is 5.75 Å². The Morgan fingerprint density at radius 1 is 1.22 bits per heavy atom. The lowest BCUT2D eigenvalue weighted by atomic mass is 9.82. The van der Waals surface area contributed by atoms with Crippen molar-refractivity contribution in [2.24, 2.45) is 5.92 Å². The maximum Gasteiger partial charge on any atom is 0.264 e. The maximum absolute atomic E-state index is 13.7. The number of hydrogen-bond donors (Lipinski definition) is 2. The minimum absolute atomic E-state index is 0.0108. The number of likely N-dealkylation sites (N-methyl/N-ethyl adjacent to an activating group) is 1. The zero-order chi connectivity index (χ0) is 26.3. The second-order valence-corrected chi connectivity index (χ2v) is 14.3. The fourth-order valence-electron chi connectivity index (χ4n) is 6.01. The van der Waals surface area contributed by atoms with E-state index in [4.69, 9.17) is 9.47 Å². The number of carbonyl (C=O) groups is 2. The van der Waals surface area contributed by atoms with Crippen LogP contribution in [0.3, 0.4) is 0 Å². The number of ether oxygens (including phenoxy) is 2. The number of carbonyl (C=O) groups excluding carboxylic acids is 2. The van der Waals surface area contributed by atoms with Gasteiger partial charge in [0.25, 0.3) is 5.91 Å². The third kappa shape index (κ3) is 4.45. The Bertz CT molecular complexity index is 1120. The highest BCUT2D eigenvalue weighted by Gasteiger charge is 2.66. The van der Waals surface area contributed by atoms with Gasteiger partial charge in [0, 0.05) is 37.2 Å². The molecule has 2 aliphatic rings. The summed E-state index contributed by atoms with van der Waals surface area (Å²) in [7, 11) is 0.412. The van der Waals surface area contributed by atoms with E-state index in [0.29, 0.717) is 17.9 Å². The second-order valence-electron chi connectivity index (χ2n) is 10.3. The van der Waals surface area contributed by atoms with E-state index < -0.39 is 20.0 Å². The summed E-state index contributed by atoms with van der Waals surface area (Å²) in [5.41, 5.74) is 0.739. The highest BCUT2D eigenvalue weighted by atomic mass is 28.4. The van der Waals surface area contributed by atoms with Gasteiger partial charge in [-0.15, -0.1) is 0 Å². The summed E-state index contributed by atoms with van der Waals surface area (Å²) >= 11 is 0. The molecule has 1 saturated heterocycles. The zero-order valence-electron chi connectivity index (χ0n) is 21.6. The molecule has 2 amide bonds. The Morgan fingerprint density at radius 2 is 1.92 bits per heavy atom. The van der Waals surface area contributed by atoms with Crippen molar-refractivity contribution in [3.05, 3.63) is 59.7 Å². The average Bonchev–Trinajstić information content (AvgIpc) is 3.25. The molecule has 0 bridgehead atoms. The summed E-state index contributed by atoms with van der Waals surface area (Å²) in [6, 6.07) is 15.1. The van der Waals surface area contributed by atoms with Gasteiger partial charge in [-0.3, -0.25) is 9.59 Å². The third-order valence-electron chi connectivity index (χ3n) is 7.64. The molecule has 1 fully saturated rings. The fourth-order valence-corrected chi connectivity index (χ4v) is 8.56. The molecule has 4 atom stereocenters. The number of methoxy groups -OCH3 is 1. The van der Waals surface area contributed by atoms with Crippen LogP contribution in [0.4, 0.5) is 5.69 Å². The molecular weight excluding hydrogens is 476 g/mol. The molecule has 194 valence electrons. The first-order valence-electron chi connectivity index (χ1n) is 12.3. The van der Waals surface area contributed by atoms with E-state index in [1.54, 1.807) is 30.0 Å². The molecule has 0 unspecified atom stereocenters. The van der Waals surface area contributed by atoms with Gasteiger partial charge in [0.15, 0.2) is 13.9 Å². The fraction of sp³-hybridized carbons (Fsp3) is 0.481. The first-order valence-corrected chi connectivity index (χ1v) is 15.4. The number of benzene rings is 2. The molecule has 2 heterocycles. The molecule has 36 heavy (non-hydrogen) atoms. The van der Waals surface area contributed by atoms with Crippen LogP contribution >= 0.6 is 0 Å². The van der Waals surface area contributed by atoms with Crippen molar-refractivity contribution in [2.75, 3.05) is 32.2 Å². The Hall–Kier alpha value is -2.72. The van der Waals surface area contributed by atoms with Crippen LogP contribution in [0.25, 0.3) is 0 Å².